The summed E-state index contributed by atoms with van der Waals surface area (Å²) in [5, 5.41) is 14.0. The number of halogens is 3. The first-order chi connectivity index (χ1) is 17.1. The number of nitrogens with zero attached hydrogens (tertiary/aromatic N) is 3. The van der Waals surface area contributed by atoms with Gasteiger partial charge in [0.2, 0.25) is 5.91 Å². The Hall–Kier alpha value is -3.80. The zero-order valence-corrected chi connectivity index (χ0v) is 20.3. The highest BCUT2D eigenvalue weighted by Crippen LogP contribution is 2.30. The lowest BCUT2D eigenvalue weighted by Crippen LogP contribution is -2.28. The van der Waals surface area contributed by atoms with Crippen molar-refractivity contribution >= 4 is 29.3 Å². The molecule has 0 saturated carbocycles. The highest BCUT2D eigenvalue weighted by Gasteiger charge is 2.30. The highest BCUT2D eigenvalue weighted by molar-refractivity contribution is 7.99. The van der Waals surface area contributed by atoms with Crippen LogP contribution in [0.15, 0.2) is 66.3 Å². The molecule has 8 nitrogen and oxygen atoms in total. The second-order valence-electron chi connectivity index (χ2n) is 7.58. The van der Waals surface area contributed by atoms with Crippen LogP contribution in [0.2, 0.25) is 0 Å². The van der Waals surface area contributed by atoms with Crippen molar-refractivity contribution in [3.05, 3.63) is 78.1 Å². The summed E-state index contributed by atoms with van der Waals surface area (Å²) in [6.45, 7) is 5.80. The maximum absolute atomic E-state index is 12.9. The van der Waals surface area contributed by atoms with Gasteiger partial charge in [-0.25, -0.2) is 0 Å². The van der Waals surface area contributed by atoms with Crippen LogP contribution in [0.5, 0.6) is 5.75 Å². The molecule has 0 spiro atoms. The van der Waals surface area contributed by atoms with Crippen LogP contribution in [0.4, 0.5) is 18.9 Å². The van der Waals surface area contributed by atoms with Gasteiger partial charge in [-0.15, -0.1) is 16.8 Å². The number of methoxy groups -OCH3 is 1. The minimum absolute atomic E-state index is 0.0403. The molecule has 2 amide bonds. The largest absolute Gasteiger partial charge is 0.497 e. The van der Waals surface area contributed by atoms with Gasteiger partial charge in [-0.05, 0) is 49.4 Å². The van der Waals surface area contributed by atoms with Crippen LogP contribution >= 0.6 is 11.8 Å². The molecule has 36 heavy (non-hydrogen) atoms. The number of hydrogen-bond donors (Lipinski definition) is 2. The minimum Gasteiger partial charge on any atom is -0.497 e. The Morgan fingerprint density at radius 1 is 1.19 bits per heavy atom. The number of allylic oxidation sites excluding steroid dienone is 1. The van der Waals surface area contributed by atoms with Gasteiger partial charge in [0, 0.05) is 17.8 Å². The zero-order valence-electron chi connectivity index (χ0n) is 19.5. The van der Waals surface area contributed by atoms with Gasteiger partial charge in [-0.3, -0.25) is 9.59 Å². The van der Waals surface area contributed by atoms with Gasteiger partial charge < -0.3 is 19.9 Å². The monoisotopic (exact) mass is 519 g/mol. The average Bonchev–Trinajstić information content (AvgIpc) is 3.25. The van der Waals surface area contributed by atoms with Crippen LogP contribution in [-0.4, -0.2) is 39.4 Å². The molecule has 1 heterocycles. The van der Waals surface area contributed by atoms with Gasteiger partial charge in [0.25, 0.3) is 5.91 Å². The number of amides is 2. The molecule has 12 heteroatoms. The number of aromatic nitrogens is 3. The molecule has 0 aliphatic heterocycles. The van der Waals surface area contributed by atoms with Crippen molar-refractivity contribution in [3.63, 3.8) is 0 Å². The number of anilines is 1. The summed E-state index contributed by atoms with van der Waals surface area (Å²) in [5.74, 6) is 0.155. The average molecular weight is 520 g/mol. The third-order valence-corrected chi connectivity index (χ3v) is 5.92. The van der Waals surface area contributed by atoms with Gasteiger partial charge in [0.05, 0.1) is 24.5 Å². The van der Waals surface area contributed by atoms with E-state index >= 15 is 0 Å². The van der Waals surface area contributed by atoms with Crippen LogP contribution in [0.1, 0.15) is 34.7 Å². The van der Waals surface area contributed by atoms with Gasteiger partial charge in [-0.1, -0.05) is 23.9 Å². The molecule has 1 atom stereocenters. The van der Waals surface area contributed by atoms with Crippen LogP contribution in [0.3, 0.4) is 0 Å². The van der Waals surface area contributed by atoms with E-state index in [2.05, 4.69) is 27.4 Å². The maximum atomic E-state index is 12.9. The van der Waals surface area contributed by atoms with E-state index < -0.39 is 23.7 Å². The Morgan fingerprint density at radius 3 is 2.56 bits per heavy atom. The molecule has 3 aromatic rings. The Bertz CT molecular complexity index is 1230. The fourth-order valence-electron chi connectivity index (χ4n) is 3.22. The Balaban J connectivity index is 1.65. The van der Waals surface area contributed by atoms with Crippen LogP contribution in [-0.2, 0) is 17.5 Å². The lowest BCUT2D eigenvalue weighted by molar-refractivity contribution is -0.137. The number of nitrogens with one attached hydrogen (secondary N) is 2. The SMILES string of the molecule is C=CCn1c(SCC(=O)Nc2cccc(C(F)(F)F)c2)nnc1C(C)NC(=O)c1ccc(OC)cc1. The van der Waals surface area contributed by atoms with E-state index in [9.17, 15) is 22.8 Å². The van der Waals surface area contributed by atoms with Gasteiger partial charge >= 0.3 is 6.18 Å². The second-order valence-corrected chi connectivity index (χ2v) is 8.52. The Morgan fingerprint density at radius 2 is 1.92 bits per heavy atom. The molecule has 190 valence electrons. The second kappa shape index (κ2) is 11.8. The van der Waals surface area contributed by atoms with Gasteiger partial charge in [0.1, 0.15) is 5.75 Å². The van der Waals surface area contributed by atoms with E-state index in [1.165, 1.54) is 19.2 Å². The fourth-order valence-corrected chi connectivity index (χ4v) is 3.97. The molecular weight excluding hydrogens is 495 g/mol. The molecule has 1 aromatic heterocycles. The maximum Gasteiger partial charge on any atom is 0.416 e. The standard InChI is InChI=1S/C24H24F3N5O3S/c1-4-12-32-21(15(2)28-22(34)16-8-10-19(35-3)11-9-16)30-31-23(32)36-14-20(33)29-18-7-5-6-17(13-18)24(25,26)27/h4-11,13,15H,1,12,14H2,2-3H3,(H,28,34)(H,29,33). The molecule has 3 rings (SSSR count). The van der Waals surface area contributed by atoms with E-state index in [0.717, 1.165) is 23.9 Å². The first-order valence-corrected chi connectivity index (χ1v) is 11.7. The molecule has 2 N–H and O–H groups in total. The number of benzene rings is 2. The van der Waals surface area contributed by atoms with Crippen molar-refractivity contribution in [2.75, 3.05) is 18.2 Å². The van der Waals surface area contributed by atoms with E-state index in [4.69, 9.17) is 4.74 Å². The molecule has 0 aliphatic rings. The van der Waals surface area contributed by atoms with Crippen molar-refractivity contribution in [2.24, 2.45) is 0 Å². The number of ether oxygens (including phenoxy) is 1. The third kappa shape index (κ3) is 6.87. The molecule has 0 aliphatic carbocycles. The lowest BCUT2D eigenvalue weighted by Gasteiger charge is -2.15. The van der Waals surface area contributed by atoms with Crippen molar-refractivity contribution in [1.82, 2.24) is 20.1 Å². The van der Waals surface area contributed by atoms with Crippen molar-refractivity contribution in [1.29, 1.82) is 0 Å². The molecule has 0 fully saturated rings. The quantitative estimate of drug-likeness (QED) is 0.297. The summed E-state index contributed by atoms with van der Waals surface area (Å²) < 4.78 is 45.5. The minimum atomic E-state index is -4.51. The summed E-state index contributed by atoms with van der Waals surface area (Å²) in [6.07, 6.45) is -2.88. The molecule has 0 saturated heterocycles. The summed E-state index contributed by atoms with van der Waals surface area (Å²) in [7, 11) is 1.54. The number of hydrogen-bond acceptors (Lipinski definition) is 6. The van der Waals surface area contributed by atoms with Crippen molar-refractivity contribution in [3.8, 4) is 5.75 Å². The van der Waals surface area contributed by atoms with Crippen molar-refractivity contribution in [2.45, 2.75) is 30.8 Å². The van der Waals surface area contributed by atoms with E-state index in [1.807, 2.05) is 0 Å². The number of carbonyl (C=O) groups is 2. The predicted molar refractivity (Wildman–Crippen MR) is 130 cm³/mol. The number of carbonyl (C=O) groups excluding carboxylic acids is 2. The molecular formula is C24H24F3N5O3S. The van der Waals surface area contributed by atoms with E-state index in [0.29, 0.717) is 28.8 Å². The van der Waals surface area contributed by atoms with Crippen molar-refractivity contribution < 1.29 is 27.5 Å². The molecule has 2 aromatic carbocycles. The Kier molecular flexibility index (Phi) is 8.75. The summed E-state index contributed by atoms with van der Waals surface area (Å²) in [5.41, 5.74) is -0.370. The van der Waals surface area contributed by atoms with Gasteiger partial charge in [-0.2, -0.15) is 13.2 Å². The zero-order chi connectivity index (χ0) is 26.3. The van der Waals surface area contributed by atoms with E-state index in [-0.39, 0.29) is 17.3 Å². The lowest BCUT2D eigenvalue weighted by atomic mass is 10.2. The first kappa shape index (κ1) is 26.8. The Labute approximate surface area is 209 Å². The number of rotatable bonds is 10. The van der Waals surface area contributed by atoms with E-state index in [1.54, 1.807) is 41.8 Å². The van der Waals surface area contributed by atoms with Gasteiger partial charge in [0.15, 0.2) is 11.0 Å². The normalized spacial score (nSPS) is 12.0. The summed E-state index contributed by atoms with van der Waals surface area (Å²) in [6, 6.07) is 10.5. The fraction of sp³-hybridized carbons (Fsp3) is 0.250. The van der Waals surface area contributed by atoms with Crippen LogP contribution in [0, 0.1) is 0 Å². The summed E-state index contributed by atoms with van der Waals surface area (Å²) in [4.78, 5) is 25.0. The smallest absolute Gasteiger partial charge is 0.416 e. The van der Waals surface area contributed by atoms with Crippen LogP contribution < -0.4 is 15.4 Å². The van der Waals surface area contributed by atoms with Crippen LogP contribution in [0.25, 0.3) is 0 Å². The number of alkyl halides is 3. The molecule has 0 radical (unpaired) electrons. The molecule has 0 bridgehead atoms. The predicted octanol–water partition coefficient (Wildman–Crippen LogP) is 4.71. The highest BCUT2D eigenvalue weighted by atomic mass is 32.2. The summed E-state index contributed by atoms with van der Waals surface area (Å²) >= 11 is 1.06. The number of thioether (sulfide) groups is 1. The molecule has 1 unspecified atom stereocenters. The topological polar surface area (TPSA) is 98.1 Å². The third-order valence-electron chi connectivity index (χ3n) is 4.95. The first-order valence-electron chi connectivity index (χ1n) is 10.7.